The molecule has 1 aromatic heterocycles. The van der Waals surface area contributed by atoms with Crippen LogP contribution in [0.1, 0.15) is 18.0 Å². The van der Waals surface area contributed by atoms with E-state index in [0.29, 0.717) is 13.0 Å². The molecule has 2 atom stereocenters. The molecule has 6 nitrogen and oxygen atoms in total. The van der Waals surface area contributed by atoms with Crippen molar-refractivity contribution in [3.8, 4) is 0 Å². The number of aromatic nitrogens is 1. The summed E-state index contributed by atoms with van der Waals surface area (Å²) in [6.45, 7) is 1.11. The molecule has 0 unspecified atom stereocenters. The fourth-order valence-electron chi connectivity index (χ4n) is 3.09. The van der Waals surface area contributed by atoms with Crippen molar-refractivity contribution in [3.63, 3.8) is 0 Å². The zero-order chi connectivity index (χ0) is 18.5. The number of rotatable bonds is 4. The molecule has 2 heterocycles. The monoisotopic (exact) mass is 359 g/mol. The highest BCUT2D eigenvalue weighted by molar-refractivity contribution is 5.84. The summed E-state index contributed by atoms with van der Waals surface area (Å²) in [4.78, 5) is 26.5. The van der Waals surface area contributed by atoms with Gasteiger partial charge in [0.15, 0.2) is 0 Å². The fraction of sp³-hybridized carbons (Fsp3) is 0.368. The second kappa shape index (κ2) is 8.14. The molecule has 1 aliphatic rings. The summed E-state index contributed by atoms with van der Waals surface area (Å²) in [5.41, 5.74) is 0.498. The van der Waals surface area contributed by atoms with Crippen LogP contribution >= 0.6 is 0 Å². The molecule has 3 rings (SSSR count). The molecule has 0 saturated carbocycles. The standard InChI is InChI=1S/C19H22FN3O3/c1-22-11-9-17(15(20)12-22)23-10-5-8-16(18(23)24)21-19(25)26-13-14-6-3-2-4-7-14/h2-8,10,15,17H,9,11-13H2,1H3,(H,21,25)/t15-,17-/m1/s1. The molecule has 0 bridgehead atoms. The van der Waals surface area contributed by atoms with Crippen LogP contribution in [0.15, 0.2) is 53.5 Å². The molecule has 7 heteroatoms. The van der Waals surface area contributed by atoms with E-state index in [-0.39, 0.29) is 18.8 Å². The Morgan fingerprint density at radius 3 is 2.77 bits per heavy atom. The number of nitrogens with zero attached hydrogens (tertiary/aromatic N) is 2. The maximum atomic E-state index is 14.4. The predicted molar refractivity (Wildman–Crippen MR) is 97.0 cm³/mol. The SMILES string of the molecule is CN1CC[C@@H](n2cccc(NC(=O)OCc3ccccc3)c2=O)[C@H](F)C1. The zero-order valence-corrected chi connectivity index (χ0v) is 14.6. The molecule has 1 saturated heterocycles. The maximum absolute atomic E-state index is 14.4. The molecule has 0 spiro atoms. The maximum Gasteiger partial charge on any atom is 0.412 e. The molecule has 1 amide bonds. The Morgan fingerprint density at radius 2 is 2.04 bits per heavy atom. The van der Waals surface area contributed by atoms with Gasteiger partial charge in [0.1, 0.15) is 18.5 Å². The summed E-state index contributed by atoms with van der Waals surface area (Å²) in [6, 6.07) is 11.8. The quantitative estimate of drug-likeness (QED) is 0.912. The van der Waals surface area contributed by atoms with Gasteiger partial charge in [0.2, 0.25) is 0 Å². The Morgan fingerprint density at radius 1 is 1.27 bits per heavy atom. The number of carbonyl (C=O) groups is 1. The first kappa shape index (κ1) is 18.1. The van der Waals surface area contributed by atoms with Gasteiger partial charge in [0, 0.05) is 19.3 Å². The number of piperidine rings is 1. The molecular weight excluding hydrogens is 337 g/mol. The van der Waals surface area contributed by atoms with Gasteiger partial charge in [0.05, 0.1) is 6.04 Å². The number of anilines is 1. The number of amides is 1. The van der Waals surface area contributed by atoms with Crippen molar-refractivity contribution in [2.45, 2.75) is 25.2 Å². The lowest BCUT2D eigenvalue weighted by Gasteiger charge is -2.33. The molecular formula is C19H22FN3O3. The van der Waals surface area contributed by atoms with E-state index in [1.165, 1.54) is 10.6 Å². The van der Waals surface area contributed by atoms with E-state index in [1.54, 1.807) is 12.3 Å². The van der Waals surface area contributed by atoms with Crippen molar-refractivity contribution in [1.82, 2.24) is 9.47 Å². The Hall–Kier alpha value is -2.67. The number of alkyl halides is 1. The van der Waals surface area contributed by atoms with Crippen LogP contribution in [0.2, 0.25) is 0 Å². The van der Waals surface area contributed by atoms with Crippen molar-refractivity contribution in [3.05, 3.63) is 64.6 Å². The van der Waals surface area contributed by atoms with Gasteiger partial charge in [-0.05, 0) is 31.2 Å². The molecule has 138 valence electrons. The van der Waals surface area contributed by atoms with Crippen molar-refractivity contribution >= 4 is 11.8 Å². The van der Waals surface area contributed by atoms with Crippen molar-refractivity contribution in [2.24, 2.45) is 0 Å². The Labute approximate surface area is 151 Å². The number of hydrogen-bond donors (Lipinski definition) is 1. The van der Waals surface area contributed by atoms with Crippen LogP contribution in [-0.2, 0) is 11.3 Å². The Kier molecular flexibility index (Phi) is 5.68. The van der Waals surface area contributed by atoms with E-state index in [0.717, 1.165) is 5.56 Å². The number of likely N-dealkylation sites (tertiary alicyclic amines) is 1. The molecule has 2 aromatic rings. The van der Waals surface area contributed by atoms with E-state index in [4.69, 9.17) is 4.74 Å². The topological polar surface area (TPSA) is 63.6 Å². The van der Waals surface area contributed by atoms with E-state index in [9.17, 15) is 14.0 Å². The Bertz CT molecular complexity index is 809. The zero-order valence-electron chi connectivity index (χ0n) is 14.6. The van der Waals surface area contributed by atoms with Gasteiger partial charge in [0.25, 0.3) is 5.56 Å². The summed E-state index contributed by atoms with van der Waals surface area (Å²) < 4.78 is 20.8. The number of ether oxygens (including phenoxy) is 1. The lowest BCUT2D eigenvalue weighted by Crippen LogP contribution is -2.43. The van der Waals surface area contributed by atoms with Gasteiger partial charge >= 0.3 is 6.09 Å². The minimum Gasteiger partial charge on any atom is -0.444 e. The molecule has 1 N–H and O–H groups in total. The minimum atomic E-state index is -1.13. The number of carbonyl (C=O) groups excluding carboxylic acids is 1. The van der Waals surface area contributed by atoms with Crippen molar-refractivity contribution in [1.29, 1.82) is 0 Å². The molecule has 0 aliphatic carbocycles. The van der Waals surface area contributed by atoms with Gasteiger partial charge < -0.3 is 14.2 Å². The van der Waals surface area contributed by atoms with Crippen LogP contribution in [0.4, 0.5) is 14.9 Å². The highest BCUT2D eigenvalue weighted by Gasteiger charge is 2.29. The summed E-state index contributed by atoms with van der Waals surface area (Å²) >= 11 is 0. The van der Waals surface area contributed by atoms with Gasteiger partial charge in [-0.15, -0.1) is 0 Å². The average molecular weight is 359 g/mol. The summed E-state index contributed by atoms with van der Waals surface area (Å²) in [5, 5.41) is 2.46. The smallest absolute Gasteiger partial charge is 0.412 e. The van der Waals surface area contributed by atoms with Crippen LogP contribution in [0.25, 0.3) is 0 Å². The second-order valence-corrected chi connectivity index (χ2v) is 6.46. The van der Waals surface area contributed by atoms with Crippen LogP contribution in [0.5, 0.6) is 0 Å². The molecule has 1 aliphatic heterocycles. The number of pyridine rings is 1. The molecule has 1 fully saturated rings. The fourth-order valence-corrected chi connectivity index (χ4v) is 3.09. The van der Waals surface area contributed by atoms with Gasteiger partial charge in [-0.3, -0.25) is 10.1 Å². The van der Waals surface area contributed by atoms with Crippen LogP contribution < -0.4 is 10.9 Å². The predicted octanol–water partition coefficient (Wildman–Crippen LogP) is 2.81. The van der Waals surface area contributed by atoms with E-state index in [2.05, 4.69) is 5.32 Å². The number of nitrogens with one attached hydrogen (secondary N) is 1. The number of hydrogen-bond acceptors (Lipinski definition) is 4. The largest absolute Gasteiger partial charge is 0.444 e. The van der Waals surface area contributed by atoms with E-state index < -0.39 is 23.9 Å². The van der Waals surface area contributed by atoms with Crippen LogP contribution in [-0.4, -0.2) is 41.9 Å². The first-order chi connectivity index (χ1) is 12.5. The van der Waals surface area contributed by atoms with Crippen LogP contribution in [0, 0.1) is 0 Å². The third-order valence-corrected chi connectivity index (χ3v) is 4.49. The van der Waals surface area contributed by atoms with Crippen LogP contribution in [0.3, 0.4) is 0 Å². The lowest BCUT2D eigenvalue weighted by molar-refractivity contribution is 0.105. The highest BCUT2D eigenvalue weighted by Crippen LogP contribution is 2.23. The van der Waals surface area contributed by atoms with Crippen molar-refractivity contribution in [2.75, 3.05) is 25.5 Å². The van der Waals surface area contributed by atoms with E-state index >= 15 is 0 Å². The molecule has 1 aromatic carbocycles. The van der Waals surface area contributed by atoms with Gasteiger partial charge in [-0.1, -0.05) is 30.3 Å². The Balaban J connectivity index is 1.67. The van der Waals surface area contributed by atoms with Gasteiger partial charge in [-0.25, -0.2) is 9.18 Å². The lowest BCUT2D eigenvalue weighted by atomic mass is 10.0. The first-order valence-electron chi connectivity index (χ1n) is 8.56. The molecule has 26 heavy (non-hydrogen) atoms. The summed E-state index contributed by atoms with van der Waals surface area (Å²) in [7, 11) is 1.85. The molecule has 0 radical (unpaired) electrons. The first-order valence-corrected chi connectivity index (χ1v) is 8.56. The third-order valence-electron chi connectivity index (χ3n) is 4.49. The normalized spacial score (nSPS) is 20.5. The minimum absolute atomic E-state index is 0.0803. The second-order valence-electron chi connectivity index (χ2n) is 6.46. The summed E-state index contributed by atoms with van der Waals surface area (Å²) in [5.74, 6) is 0. The summed E-state index contributed by atoms with van der Waals surface area (Å²) in [6.07, 6.45) is 0.251. The number of halogens is 1. The average Bonchev–Trinajstić information content (AvgIpc) is 2.63. The van der Waals surface area contributed by atoms with Crippen molar-refractivity contribution < 1.29 is 13.9 Å². The van der Waals surface area contributed by atoms with Gasteiger partial charge in [-0.2, -0.15) is 0 Å². The van der Waals surface area contributed by atoms with E-state index in [1.807, 2.05) is 42.3 Å². The highest BCUT2D eigenvalue weighted by atomic mass is 19.1. The third kappa shape index (κ3) is 4.29. The number of benzene rings is 1.